The third-order valence-electron chi connectivity index (χ3n) is 2.66. The largest absolute Gasteiger partial charge is 0.380 e. The Morgan fingerprint density at radius 3 is 2.94 bits per heavy atom. The molecule has 0 bridgehead atoms. The van der Waals surface area contributed by atoms with Crippen LogP contribution in [0.4, 0.5) is 5.69 Å². The van der Waals surface area contributed by atoms with E-state index in [0.29, 0.717) is 18.5 Å². The Morgan fingerprint density at radius 1 is 1.47 bits per heavy atom. The molecule has 1 aromatic rings. The van der Waals surface area contributed by atoms with E-state index in [1.807, 2.05) is 6.07 Å². The second-order valence-electron chi connectivity index (χ2n) is 4.02. The minimum absolute atomic E-state index is 0.106. The molecule has 1 heterocycles. The molecule has 1 aromatic carbocycles. The molecule has 1 saturated heterocycles. The number of benzene rings is 1. The van der Waals surface area contributed by atoms with Crippen LogP contribution in [0, 0.1) is 11.3 Å². The average molecular weight is 294 g/mol. The monoisotopic (exact) mass is 293 g/mol. The van der Waals surface area contributed by atoms with Crippen LogP contribution >= 0.6 is 15.9 Å². The van der Waals surface area contributed by atoms with Gasteiger partial charge >= 0.3 is 0 Å². The Kier molecular flexibility index (Phi) is 3.64. The highest BCUT2D eigenvalue weighted by molar-refractivity contribution is 9.10. The molecule has 5 heteroatoms. The van der Waals surface area contributed by atoms with E-state index < -0.39 is 0 Å². The minimum atomic E-state index is 0.106. The van der Waals surface area contributed by atoms with Gasteiger partial charge in [0.15, 0.2) is 0 Å². The molecular formula is C12H12BrN3O. The molecule has 2 rings (SSSR count). The van der Waals surface area contributed by atoms with Crippen LogP contribution in [-0.4, -0.2) is 18.5 Å². The van der Waals surface area contributed by atoms with Crippen LogP contribution < -0.4 is 10.6 Å². The summed E-state index contributed by atoms with van der Waals surface area (Å²) in [6.45, 7) is 0.632. The number of nitriles is 1. The van der Waals surface area contributed by atoms with Crippen LogP contribution in [0.2, 0.25) is 0 Å². The Morgan fingerprint density at radius 2 is 2.29 bits per heavy atom. The fourth-order valence-corrected chi connectivity index (χ4v) is 2.32. The van der Waals surface area contributed by atoms with E-state index in [1.165, 1.54) is 0 Å². The molecule has 1 aliphatic rings. The van der Waals surface area contributed by atoms with Crippen molar-refractivity contribution in [1.29, 1.82) is 5.26 Å². The first kappa shape index (κ1) is 11.9. The Hall–Kier alpha value is -1.54. The number of carbonyl (C=O) groups excluding carboxylic acids is 1. The number of amides is 1. The number of nitrogens with zero attached hydrogens (tertiary/aromatic N) is 1. The number of hydrogen-bond acceptors (Lipinski definition) is 3. The minimum Gasteiger partial charge on any atom is -0.380 e. The summed E-state index contributed by atoms with van der Waals surface area (Å²) in [5, 5.41) is 15.0. The van der Waals surface area contributed by atoms with Gasteiger partial charge in [-0.1, -0.05) is 15.9 Å². The van der Waals surface area contributed by atoms with E-state index in [0.717, 1.165) is 16.6 Å². The average Bonchev–Trinajstić information content (AvgIpc) is 2.31. The lowest BCUT2D eigenvalue weighted by Crippen LogP contribution is -2.41. The molecule has 1 unspecified atom stereocenters. The predicted octanol–water partition coefficient (Wildman–Crippen LogP) is 2.01. The zero-order valence-electron chi connectivity index (χ0n) is 9.16. The molecular weight excluding hydrogens is 282 g/mol. The second kappa shape index (κ2) is 5.19. The van der Waals surface area contributed by atoms with Crippen LogP contribution in [-0.2, 0) is 4.79 Å². The lowest BCUT2D eigenvalue weighted by atomic mass is 10.1. The maximum atomic E-state index is 11.0. The summed E-state index contributed by atoms with van der Waals surface area (Å²) in [5.41, 5.74) is 1.51. The zero-order chi connectivity index (χ0) is 12.3. The topological polar surface area (TPSA) is 64.9 Å². The van der Waals surface area contributed by atoms with Crippen molar-refractivity contribution < 1.29 is 4.79 Å². The summed E-state index contributed by atoms with van der Waals surface area (Å²) < 4.78 is 0.874. The van der Waals surface area contributed by atoms with E-state index in [9.17, 15) is 4.79 Å². The molecule has 0 saturated carbocycles. The third-order valence-corrected chi connectivity index (χ3v) is 3.12. The molecule has 1 aliphatic heterocycles. The van der Waals surface area contributed by atoms with Crippen molar-refractivity contribution in [3.8, 4) is 6.07 Å². The fraction of sp³-hybridized carbons (Fsp3) is 0.333. The molecule has 0 aromatic heterocycles. The summed E-state index contributed by atoms with van der Waals surface area (Å²) in [5.74, 6) is 0.106. The van der Waals surface area contributed by atoms with Crippen molar-refractivity contribution in [3.05, 3.63) is 28.2 Å². The summed E-state index contributed by atoms with van der Waals surface area (Å²) in [4.78, 5) is 11.0. The van der Waals surface area contributed by atoms with Crippen molar-refractivity contribution in [2.45, 2.75) is 18.9 Å². The fourth-order valence-electron chi connectivity index (χ4n) is 1.83. The first-order chi connectivity index (χ1) is 8.17. The summed E-state index contributed by atoms with van der Waals surface area (Å²) in [7, 11) is 0. The first-order valence-electron chi connectivity index (χ1n) is 5.41. The van der Waals surface area contributed by atoms with Crippen molar-refractivity contribution in [2.24, 2.45) is 0 Å². The molecule has 1 fully saturated rings. The van der Waals surface area contributed by atoms with Crippen LogP contribution in [0.15, 0.2) is 22.7 Å². The quantitative estimate of drug-likeness (QED) is 0.877. The molecule has 2 N–H and O–H groups in total. The SMILES string of the molecule is N#Cc1cc(Br)cc(NC2CCC(=O)NC2)c1. The molecule has 0 spiro atoms. The van der Waals surface area contributed by atoms with Gasteiger partial charge in [-0.05, 0) is 24.6 Å². The normalized spacial score (nSPS) is 19.3. The Bertz CT molecular complexity index is 471. The second-order valence-corrected chi connectivity index (χ2v) is 4.94. The molecule has 1 amide bonds. The number of hydrogen-bond donors (Lipinski definition) is 2. The van der Waals surface area contributed by atoms with Crippen LogP contribution in [0.5, 0.6) is 0 Å². The highest BCUT2D eigenvalue weighted by Crippen LogP contribution is 2.21. The van der Waals surface area contributed by atoms with Crippen molar-refractivity contribution in [1.82, 2.24) is 5.32 Å². The van der Waals surface area contributed by atoms with Crippen LogP contribution in [0.3, 0.4) is 0 Å². The van der Waals surface area contributed by atoms with Gasteiger partial charge in [-0.15, -0.1) is 0 Å². The molecule has 88 valence electrons. The zero-order valence-corrected chi connectivity index (χ0v) is 10.8. The van der Waals surface area contributed by atoms with Gasteiger partial charge in [0.05, 0.1) is 11.6 Å². The first-order valence-corrected chi connectivity index (χ1v) is 6.20. The van der Waals surface area contributed by atoms with E-state index >= 15 is 0 Å². The van der Waals surface area contributed by atoms with E-state index in [2.05, 4.69) is 32.6 Å². The van der Waals surface area contributed by atoms with Gasteiger partial charge < -0.3 is 10.6 Å². The summed E-state index contributed by atoms with van der Waals surface area (Å²) in [6, 6.07) is 7.85. The predicted molar refractivity (Wildman–Crippen MR) is 68.5 cm³/mol. The highest BCUT2D eigenvalue weighted by atomic mass is 79.9. The van der Waals surface area contributed by atoms with E-state index in [4.69, 9.17) is 5.26 Å². The number of piperidine rings is 1. The van der Waals surface area contributed by atoms with Crippen LogP contribution in [0.25, 0.3) is 0 Å². The number of nitrogens with one attached hydrogen (secondary N) is 2. The summed E-state index contributed by atoms with van der Waals surface area (Å²) >= 11 is 3.37. The number of rotatable bonds is 2. The standard InChI is InChI=1S/C12H12BrN3O/c13-9-3-8(6-14)4-11(5-9)16-10-1-2-12(17)15-7-10/h3-5,10,16H,1-2,7H2,(H,15,17). The van der Waals surface area contributed by atoms with Gasteiger partial charge in [0.1, 0.15) is 0 Å². The van der Waals surface area contributed by atoms with Gasteiger partial charge in [0.25, 0.3) is 0 Å². The van der Waals surface area contributed by atoms with Crippen molar-refractivity contribution >= 4 is 27.5 Å². The van der Waals surface area contributed by atoms with Crippen molar-refractivity contribution in [3.63, 3.8) is 0 Å². The molecule has 1 atom stereocenters. The lowest BCUT2D eigenvalue weighted by molar-refractivity contribution is -0.122. The van der Waals surface area contributed by atoms with Gasteiger partial charge in [-0.25, -0.2) is 0 Å². The van der Waals surface area contributed by atoms with E-state index in [1.54, 1.807) is 12.1 Å². The van der Waals surface area contributed by atoms with Gasteiger partial charge in [-0.2, -0.15) is 5.26 Å². The Balaban J connectivity index is 2.06. The van der Waals surface area contributed by atoms with E-state index in [-0.39, 0.29) is 11.9 Å². The number of carbonyl (C=O) groups is 1. The smallest absolute Gasteiger partial charge is 0.220 e. The Labute approximate surface area is 108 Å². The maximum absolute atomic E-state index is 11.0. The maximum Gasteiger partial charge on any atom is 0.220 e. The number of halogens is 1. The lowest BCUT2D eigenvalue weighted by Gasteiger charge is -2.24. The molecule has 4 nitrogen and oxygen atoms in total. The molecule has 0 radical (unpaired) electrons. The van der Waals surface area contributed by atoms with Crippen molar-refractivity contribution in [2.75, 3.05) is 11.9 Å². The van der Waals surface area contributed by atoms with Gasteiger partial charge in [-0.3, -0.25) is 4.79 Å². The van der Waals surface area contributed by atoms with Gasteiger partial charge in [0.2, 0.25) is 5.91 Å². The summed E-state index contributed by atoms with van der Waals surface area (Å²) in [6.07, 6.45) is 1.37. The highest BCUT2D eigenvalue weighted by Gasteiger charge is 2.17. The van der Waals surface area contributed by atoms with Crippen LogP contribution in [0.1, 0.15) is 18.4 Å². The molecule has 17 heavy (non-hydrogen) atoms. The third kappa shape index (κ3) is 3.21. The van der Waals surface area contributed by atoms with Gasteiger partial charge in [0, 0.05) is 29.2 Å². The number of anilines is 1. The molecule has 0 aliphatic carbocycles.